The highest BCUT2D eigenvalue weighted by Crippen LogP contribution is 2.36. The summed E-state index contributed by atoms with van der Waals surface area (Å²) in [6, 6.07) is 26.2. The van der Waals surface area contributed by atoms with Crippen LogP contribution in [0.15, 0.2) is 85.2 Å². The van der Waals surface area contributed by atoms with Gasteiger partial charge in [-0.1, -0.05) is 30.3 Å². The molecule has 6 nitrogen and oxygen atoms in total. The Morgan fingerprint density at radius 1 is 0.697 bits per heavy atom. The summed E-state index contributed by atoms with van der Waals surface area (Å²) in [6.45, 7) is 0. The predicted octanol–water partition coefficient (Wildman–Crippen LogP) is 6.86. The average Bonchev–Trinajstić information content (AvgIpc) is 3.31. The zero-order valence-electron chi connectivity index (χ0n) is 18.2. The number of anilines is 4. The molecule has 0 fully saturated rings. The number of thiophene rings is 1. The van der Waals surface area contributed by atoms with Crippen LogP contribution in [-0.2, 0) is 0 Å². The molecule has 0 spiro atoms. The number of ether oxygens (including phenoxy) is 2. The molecule has 0 unspecified atom stereocenters. The first-order valence-corrected chi connectivity index (χ1v) is 11.2. The first-order valence-electron chi connectivity index (χ1n) is 10.4. The van der Waals surface area contributed by atoms with Crippen molar-refractivity contribution in [3.8, 4) is 21.9 Å². The maximum atomic E-state index is 5.38. The number of methoxy groups -OCH3 is 2. The fourth-order valence-corrected chi connectivity index (χ4v) is 4.60. The lowest BCUT2D eigenvalue weighted by Crippen LogP contribution is -1.96. The highest BCUT2D eigenvalue weighted by molar-refractivity contribution is 7.22. The van der Waals surface area contributed by atoms with Crippen molar-refractivity contribution in [1.29, 1.82) is 0 Å². The second-order valence-corrected chi connectivity index (χ2v) is 8.36. The summed E-state index contributed by atoms with van der Waals surface area (Å²) in [5, 5.41) is 6.82. The second-order valence-electron chi connectivity index (χ2n) is 7.31. The number of nitrogens with zero attached hydrogens (tertiary/aromatic N) is 2. The third kappa shape index (κ3) is 4.44. The molecule has 33 heavy (non-hydrogen) atoms. The number of hydrogen-bond acceptors (Lipinski definition) is 7. The Hall–Kier alpha value is -4.10. The van der Waals surface area contributed by atoms with Crippen molar-refractivity contribution in [3.63, 3.8) is 0 Å². The molecule has 0 atom stereocenters. The summed E-state index contributed by atoms with van der Waals surface area (Å²) < 4.78 is 11.7. The van der Waals surface area contributed by atoms with Gasteiger partial charge in [0, 0.05) is 28.0 Å². The van der Waals surface area contributed by atoms with Crippen LogP contribution in [0.4, 0.5) is 22.9 Å². The van der Waals surface area contributed by atoms with Crippen molar-refractivity contribution < 1.29 is 9.47 Å². The van der Waals surface area contributed by atoms with Crippen molar-refractivity contribution in [2.75, 3.05) is 24.9 Å². The maximum absolute atomic E-state index is 5.38. The predicted molar refractivity (Wildman–Crippen MR) is 135 cm³/mol. The van der Waals surface area contributed by atoms with Crippen LogP contribution in [0.3, 0.4) is 0 Å². The lowest BCUT2D eigenvalue weighted by atomic mass is 10.2. The Balaban J connectivity index is 1.35. The monoisotopic (exact) mass is 454 g/mol. The van der Waals surface area contributed by atoms with E-state index in [0.29, 0.717) is 11.5 Å². The minimum absolute atomic E-state index is 0.680. The van der Waals surface area contributed by atoms with Gasteiger partial charge in [0.1, 0.15) is 6.33 Å². The summed E-state index contributed by atoms with van der Waals surface area (Å²) in [6.07, 6.45) is 1.60. The van der Waals surface area contributed by atoms with Crippen LogP contribution in [-0.4, -0.2) is 24.2 Å². The first-order chi connectivity index (χ1) is 16.2. The zero-order valence-corrected chi connectivity index (χ0v) is 19.0. The highest BCUT2D eigenvalue weighted by Gasteiger charge is 2.11. The van der Waals surface area contributed by atoms with Crippen LogP contribution in [0.2, 0.25) is 0 Å². The van der Waals surface area contributed by atoms with E-state index in [1.807, 2.05) is 60.7 Å². The molecule has 0 aliphatic heterocycles. The second kappa shape index (κ2) is 9.18. The van der Waals surface area contributed by atoms with Gasteiger partial charge in [0.25, 0.3) is 0 Å². The normalized spacial score (nSPS) is 10.7. The SMILES string of the molecule is COc1ccc(Nc2ccc(Nc3ncnc4cc(-c5ccccc5)sc34)cc2)cc1OC. The molecule has 2 heterocycles. The fraction of sp³-hybridized carbons (Fsp3) is 0.0769. The molecule has 3 aromatic carbocycles. The van der Waals surface area contributed by atoms with Gasteiger partial charge in [-0.15, -0.1) is 11.3 Å². The molecule has 0 amide bonds. The molecule has 0 aliphatic carbocycles. The summed E-state index contributed by atoms with van der Waals surface area (Å²) in [4.78, 5) is 10.1. The largest absolute Gasteiger partial charge is 0.493 e. The van der Waals surface area contributed by atoms with E-state index in [1.165, 1.54) is 10.4 Å². The highest BCUT2D eigenvalue weighted by atomic mass is 32.1. The average molecular weight is 455 g/mol. The molecule has 0 radical (unpaired) electrons. The van der Waals surface area contributed by atoms with Gasteiger partial charge in [-0.05, 0) is 48.0 Å². The Kier molecular flexibility index (Phi) is 5.78. The van der Waals surface area contributed by atoms with E-state index in [9.17, 15) is 0 Å². The van der Waals surface area contributed by atoms with Crippen molar-refractivity contribution >= 4 is 44.4 Å². The van der Waals surface area contributed by atoms with Crippen LogP contribution < -0.4 is 20.1 Å². The van der Waals surface area contributed by atoms with Gasteiger partial charge >= 0.3 is 0 Å². The van der Waals surface area contributed by atoms with Crippen LogP contribution in [0.1, 0.15) is 0 Å². The maximum Gasteiger partial charge on any atom is 0.162 e. The van der Waals surface area contributed by atoms with Crippen LogP contribution in [0, 0.1) is 0 Å². The third-order valence-electron chi connectivity index (χ3n) is 5.19. The number of nitrogens with one attached hydrogen (secondary N) is 2. The molecule has 5 rings (SSSR count). The fourth-order valence-electron chi connectivity index (χ4n) is 3.54. The molecular formula is C26H22N4O2S. The topological polar surface area (TPSA) is 68.3 Å². The van der Waals surface area contributed by atoms with E-state index in [2.05, 4.69) is 38.8 Å². The smallest absolute Gasteiger partial charge is 0.162 e. The molecule has 5 aromatic rings. The van der Waals surface area contributed by atoms with Gasteiger partial charge in [-0.2, -0.15) is 0 Å². The van der Waals surface area contributed by atoms with Gasteiger partial charge < -0.3 is 20.1 Å². The number of benzene rings is 3. The quantitative estimate of drug-likeness (QED) is 0.280. The summed E-state index contributed by atoms with van der Waals surface area (Å²) in [7, 11) is 3.25. The zero-order chi connectivity index (χ0) is 22.6. The molecule has 0 saturated carbocycles. The van der Waals surface area contributed by atoms with Crippen LogP contribution >= 0.6 is 11.3 Å². The van der Waals surface area contributed by atoms with E-state index >= 15 is 0 Å². The molecular weight excluding hydrogens is 432 g/mol. The van der Waals surface area contributed by atoms with Crippen LogP contribution in [0.25, 0.3) is 20.7 Å². The van der Waals surface area contributed by atoms with Crippen molar-refractivity contribution in [1.82, 2.24) is 9.97 Å². The van der Waals surface area contributed by atoms with Crippen molar-refractivity contribution in [2.45, 2.75) is 0 Å². The molecule has 0 bridgehead atoms. The standard InChI is InChI=1S/C26H22N4O2S/c1-31-22-13-12-20(14-23(22)32-2)29-18-8-10-19(11-9-18)30-26-25-21(27-16-28-26)15-24(33-25)17-6-4-3-5-7-17/h3-16,29H,1-2H3,(H,27,28,30). The van der Waals surface area contributed by atoms with Gasteiger partial charge in [-0.25, -0.2) is 9.97 Å². The van der Waals surface area contributed by atoms with Crippen LogP contribution in [0.5, 0.6) is 11.5 Å². The number of aromatic nitrogens is 2. The molecule has 2 aromatic heterocycles. The van der Waals surface area contributed by atoms with Gasteiger partial charge in [0.15, 0.2) is 17.3 Å². The number of hydrogen-bond donors (Lipinski definition) is 2. The minimum Gasteiger partial charge on any atom is -0.493 e. The Morgan fingerprint density at radius 3 is 2.12 bits per heavy atom. The summed E-state index contributed by atoms with van der Waals surface area (Å²) in [5.41, 5.74) is 4.93. The minimum atomic E-state index is 0.680. The van der Waals surface area contributed by atoms with E-state index in [4.69, 9.17) is 9.47 Å². The molecule has 7 heteroatoms. The molecule has 2 N–H and O–H groups in total. The lowest BCUT2D eigenvalue weighted by molar-refractivity contribution is 0.355. The first kappa shape index (κ1) is 20.8. The number of fused-ring (bicyclic) bond motifs is 1. The van der Waals surface area contributed by atoms with Crippen molar-refractivity contribution in [2.24, 2.45) is 0 Å². The lowest BCUT2D eigenvalue weighted by Gasteiger charge is -2.12. The van der Waals surface area contributed by atoms with Gasteiger partial charge in [0.2, 0.25) is 0 Å². The molecule has 0 aliphatic rings. The Morgan fingerprint density at radius 2 is 1.39 bits per heavy atom. The van der Waals surface area contributed by atoms with E-state index in [1.54, 1.807) is 31.9 Å². The molecule has 0 saturated heterocycles. The molecule has 164 valence electrons. The summed E-state index contributed by atoms with van der Waals surface area (Å²) >= 11 is 1.69. The Bertz CT molecular complexity index is 1390. The third-order valence-corrected chi connectivity index (χ3v) is 6.37. The summed E-state index contributed by atoms with van der Waals surface area (Å²) in [5.74, 6) is 2.18. The van der Waals surface area contributed by atoms with Gasteiger partial charge in [0.05, 0.1) is 24.4 Å². The van der Waals surface area contributed by atoms with Crippen molar-refractivity contribution in [3.05, 3.63) is 85.2 Å². The van der Waals surface area contributed by atoms with E-state index in [-0.39, 0.29) is 0 Å². The van der Waals surface area contributed by atoms with E-state index in [0.717, 1.165) is 33.1 Å². The van der Waals surface area contributed by atoms with Gasteiger partial charge in [-0.3, -0.25) is 0 Å². The Labute approximate surface area is 195 Å². The van der Waals surface area contributed by atoms with E-state index < -0.39 is 0 Å². The number of rotatable bonds is 7.